The van der Waals surface area contributed by atoms with Crippen LogP contribution in [0.1, 0.15) is 17.3 Å². The van der Waals surface area contributed by atoms with Crippen LogP contribution in [0.2, 0.25) is 0 Å². The van der Waals surface area contributed by atoms with Crippen LogP contribution in [0.15, 0.2) is 52.9 Å². The lowest BCUT2D eigenvalue weighted by molar-refractivity contribution is 0.102. The van der Waals surface area contributed by atoms with Gasteiger partial charge in [0.15, 0.2) is 0 Å². The Morgan fingerprint density at radius 2 is 2.05 bits per heavy atom. The highest BCUT2D eigenvalue weighted by atomic mass is 32.2. The summed E-state index contributed by atoms with van der Waals surface area (Å²) in [5.74, 6) is 0.928. The number of aromatic nitrogens is 1. The number of fused-ring (bicyclic) bond motifs is 1. The Balaban J connectivity index is 1.75. The van der Waals surface area contributed by atoms with Crippen molar-refractivity contribution >= 4 is 44.9 Å². The first-order valence-electron chi connectivity index (χ1n) is 6.64. The van der Waals surface area contributed by atoms with Crippen molar-refractivity contribution in [3.8, 4) is 0 Å². The number of amides is 1. The molecule has 0 spiro atoms. The molecule has 0 fully saturated rings. The number of hydrogen-bond acceptors (Lipinski definition) is 4. The zero-order chi connectivity index (χ0) is 14.7. The van der Waals surface area contributed by atoms with E-state index in [-0.39, 0.29) is 5.91 Å². The smallest absolute Gasteiger partial charge is 0.255 e. The Morgan fingerprint density at radius 1 is 1.24 bits per heavy atom. The van der Waals surface area contributed by atoms with Crippen LogP contribution >= 0.6 is 23.1 Å². The van der Waals surface area contributed by atoms with Gasteiger partial charge in [-0.15, -0.1) is 23.1 Å². The predicted octanol–water partition coefficient (Wildman–Crippen LogP) is 4.66. The van der Waals surface area contributed by atoms with Crippen LogP contribution in [-0.4, -0.2) is 16.6 Å². The van der Waals surface area contributed by atoms with Gasteiger partial charge in [-0.3, -0.25) is 4.79 Å². The molecule has 1 N–H and O–H groups in total. The molecule has 3 aromatic rings. The van der Waals surface area contributed by atoms with E-state index in [0.717, 1.165) is 21.7 Å². The molecule has 3 nitrogen and oxygen atoms in total. The monoisotopic (exact) mass is 314 g/mol. The van der Waals surface area contributed by atoms with E-state index in [9.17, 15) is 4.79 Å². The van der Waals surface area contributed by atoms with Crippen molar-refractivity contribution in [1.29, 1.82) is 0 Å². The lowest BCUT2D eigenvalue weighted by Gasteiger charge is -2.06. The fourth-order valence-electron chi connectivity index (χ4n) is 2.01. The van der Waals surface area contributed by atoms with E-state index in [0.29, 0.717) is 5.56 Å². The maximum atomic E-state index is 12.2. The minimum atomic E-state index is -0.0994. The summed E-state index contributed by atoms with van der Waals surface area (Å²) in [4.78, 5) is 17.7. The third kappa shape index (κ3) is 3.25. The number of nitrogens with one attached hydrogen (secondary N) is 1. The fourth-order valence-corrected chi connectivity index (χ4v) is 3.33. The second-order valence-corrected chi connectivity index (χ2v) is 6.67. The van der Waals surface area contributed by atoms with E-state index in [1.54, 1.807) is 28.6 Å². The van der Waals surface area contributed by atoms with Gasteiger partial charge in [0.25, 0.3) is 5.91 Å². The molecule has 0 saturated heterocycles. The number of nitrogens with zero attached hydrogens (tertiary/aromatic N) is 1. The number of carbonyl (C=O) groups is 1. The maximum Gasteiger partial charge on any atom is 0.255 e. The van der Waals surface area contributed by atoms with Gasteiger partial charge >= 0.3 is 0 Å². The second kappa shape index (κ2) is 6.28. The molecule has 0 aliphatic heterocycles. The lowest BCUT2D eigenvalue weighted by atomic mass is 10.2. The first-order chi connectivity index (χ1) is 10.3. The minimum absolute atomic E-state index is 0.0994. The third-order valence-electron chi connectivity index (χ3n) is 3.02. The predicted molar refractivity (Wildman–Crippen MR) is 90.4 cm³/mol. The van der Waals surface area contributed by atoms with Gasteiger partial charge in [0.05, 0.1) is 15.7 Å². The molecule has 0 aliphatic carbocycles. The molecule has 0 bridgehead atoms. The second-order valence-electron chi connectivity index (χ2n) is 4.45. The number of carbonyl (C=O) groups excluding carboxylic acids is 1. The van der Waals surface area contributed by atoms with Crippen molar-refractivity contribution in [3.63, 3.8) is 0 Å². The van der Waals surface area contributed by atoms with Crippen molar-refractivity contribution in [2.45, 2.75) is 11.8 Å². The third-order valence-corrected chi connectivity index (χ3v) is 4.72. The van der Waals surface area contributed by atoms with Crippen LogP contribution in [0.4, 0.5) is 5.69 Å². The molecule has 5 heteroatoms. The van der Waals surface area contributed by atoms with Gasteiger partial charge in [0.1, 0.15) is 0 Å². The van der Waals surface area contributed by atoms with Crippen molar-refractivity contribution in [2.24, 2.45) is 0 Å². The molecule has 0 radical (unpaired) electrons. The number of rotatable bonds is 4. The SMILES string of the molecule is CCSc1ccc(C(=O)Nc2ccc3scnc3c2)cc1. The van der Waals surface area contributed by atoms with Gasteiger partial charge in [-0.25, -0.2) is 4.98 Å². The summed E-state index contributed by atoms with van der Waals surface area (Å²) in [5.41, 5.74) is 4.15. The topological polar surface area (TPSA) is 42.0 Å². The number of thioether (sulfide) groups is 1. The molecular weight excluding hydrogens is 300 g/mol. The average molecular weight is 314 g/mol. The van der Waals surface area contributed by atoms with Crippen molar-refractivity contribution in [2.75, 3.05) is 11.1 Å². The van der Waals surface area contributed by atoms with E-state index in [1.165, 1.54) is 4.90 Å². The highest BCUT2D eigenvalue weighted by molar-refractivity contribution is 7.99. The van der Waals surface area contributed by atoms with Crippen molar-refractivity contribution in [3.05, 3.63) is 53.5 Å². The zero-order valence-electron chi connectivity index (χ0n) is 11.5. The first-order valence-corrected chi connectivity index (χ1v) is 8.50. The number of anilines is 1. The molecule has 1 heterocycles. The van der Waals surface area contributed by atoms with E-state index in [2.05, 4.69) is 17.2 Å². The van der Waals surface area contributed by atoms with E-state index in [1.807, 2.05) is 42.5 Å². The summed E-state index contributed by atoms with van der Waals surface area (Å²) in [6.45, 7) is 2.11. The van der Waals surface area contributed by atoms with E-state index >= 15 is 0 Å². The largest absolute Gasteiger partial charge is 0.322 e. The molecular formula is C16H14N2OS2. The van der Waals surface area contributed by atoms with Gasteiger partial charge < -0.3 is 5.32 Å². The van der Waals surface area contributed by atoms with E-state index in [4.69, 9.17) is 0 Å². The standard InChI is InChI=1S/C16H14N2OS2/c1-2-20-13-6-3-11(4-7-13)16(19)18-12-5-8-15-14(9-12)17-10-21-15/h3-10H,2H2,1H3,(H,18,19). The zero-order valence-corrected chi connectivity index (χ0v) is 13.1. The van der Waals surface area contributed by atoms with Crippen LogP contribution in [-0.2, 0) is 0 Å². The minimum Gasteiger partial charge on any atom is -0.322 e. The Hall–Kier alpha value is -1.85. The highest BCUT2D eigenvalue weighted by Gasteiger charge is 2.07. The van der Waals surface area contributed by atoms with Gasteiger partial charge in [0, 0.05) is 16.1 Å². The molecule has 0 saturated carbocycles. The summed E-state index contributed by atoms with van der Waals surface area (Å²) in [5, 5.41) is 2.91. The summed E-state index contributed by atoms with van der Waals surface area (Å²) in [6.07, 6.45) is 0. The number of thiazole rings is 1. The quantitative estimate of drug-likeness (QED) is 0.712. The van der Waals surface area contributed by atoms with Gasteiger partial charge in [-0.2, -0.15) is 0 Å². The van der Waals surface area contributed by atoms with Crippen LogP contribution in [0, 0.1) is 0 Å². The highest BCUT2D eigenvalue weighted by Crippen LogP contribution is 2.22. The molecule has 0 unspecified atom stereocenters. The number of hydrogen-bond donors (Lipinski definition) is 1. The van der Waals surface area contributed by atoms with Crippen LogP contribution in [0.25, 0.3) is 10.2 Å². The fraction of sp³-hybridized carbons (Fsp3) is 0.125. The molecule has 3 rings (SSSR count). The van der Waals surface area contributed by atoms with Crippen LogP contribution < -0.4 is 5.32 Å². The lowest BCUT2D eigenvalue weighted by Crippen LogP contribution is -2.11. The summed E-state index contributed by atoms with van der Waals surface area (Å²) in [6, 6.07) is 13.4. The number of benzene rings is 2. The van der Waals surface area contributed by atoms with E-state index < -0.39 is 0 Å². The molecule has 21 heavy (non-hydrogen) atoms. The summed E-state index contributed by atoms with van der Waals surface area (Å²) < 4.78 is 1.12. The molecule has 106 valence electrons. The Kier molecular flexibility index (Phi) is 4.22. The molecule has 1 amide bonds. The first kappa shape index (κ1) is 14.1. The normalized spacial score (nSPS) is 10.7. The summed E-state index contributed by atoms with van der Waals surface area (Å²) >= 11 is 3.35. The van der Waals surface area contributed by atoms with Crippen molar-refractivity contribution in [1.82, 2.24) is 4.98 Å². The van der Waals surface area contributed by atoms with Gasteiger partial charge in [-0.1, -0.05) is 6.92 Å². The van der Waals surface area contributed by atoms with Crippen LogP contribution in [0.5, 0.6) is 0 Å². The van der Waals surface area contributed by atoms with Gasteiger partial charge in [-0.05, 0) is 48.2 Å². The molecule has 0 aliphatic rings. The molecule has 1 aromatic heterocycles. The Labute approximate surface area is 131 Å². The van der Waals surface area contributed by atoms with Gasteiger partial charge in [0.2, 0.25) is 0 Å². The van der Waals surface area contributed by atoms with Crippen molar-refractivity contribution < 1.29 is 4.79 Å². The molecule has 2 aromatic carbocycles. The van der Waals surface area contributed by atoms with Crippen LogP contribution in [0.3, 0.4) is 0 Å². The molecule has 0 atom stereocenters. The summed E-state index contributed by atoms with van der Waals surface area (Å²) in [7, 11) is 0. The Bertz CT molecular complexity index is 765. The average Bonchev–Trinajstić information content (AvgIpc) is 2.96. The maximum absolute atomic E-state index is 12.2. The Morgan fingerprint density at radius 3 is 2.81 bits per heavy atom.